The van der Waals surface area contributed by atoms with Gasteiger partial charge < -0.3 is 5.32 Å². The summed E-state index contributed by atoms with van der Waals surface area (Å²) >= 11 is 0. The fourth-order valence-corrected chi connectivity index (χ4v) is 2.48. The maximum absolute atomic E-state index is 12.9. The summed E-state index contributed by atoms with van der Waals surface area (Å²) in [5.41, 5.74) is 0.573. The second-order valence-corrected chi connectivity index (χ2v) is 6.31. The van der Waals surface area contributed by atoms with Crippen LogP contribution in [0.5, 0.6) is 0 Å². The van der Waals surface area contributed by atoms with Crippen molar-refractivity contribution in [2.24, 2.45) is 0 Å². The Morgan fingerprint density at radius 3 is 2.47 bits per heavy atom. The van der Waals surface area contributed by atoms with E-state index in [2.05, 4.69) is 5.32 Å². The van der Waals surface area contributed by atoms with Crippen LogP contribution >= 0.6 is 0 Å². The summed E-state index contributed by atoms with van der Waals surface area (Å²) in [6.07, 6.45) is 1.16. The lowest BCUT2D eigenvalue weighted by Gasteiger charge is -2.12. The van der Waals surface area contributed by atoms with E-state index in [0.29, 0.717) is 12.1 Å². The standard InChI is InChI=1S/C11H15F2NO2S/c1-8(7-17(2,15)16)14-6-9-3-4-10(12)11(13)5-9/h3-5,8,14H,6-7H2,1-2H3. The molecule has 0 aliphatic rings. The highest BCUT2D eigenvalue weighted by molar-refractivity contribution is 7.90. The largest absolute Gasteiger partial charge is 0.309 e. The van der Waals surface area contributed by atoms with Crippen LogP contribution in [0, 0.1) is 11.6 Å². The van der Waals surface area contributed by atoms with Crippen molar-refractivity contribution in [2.45, 2.75) is 19.5 Å². The van der Waals surface area contributed by atoms with Crippen molar-refractivity contribution >= 4 is 9.84 Å². The third-order valence-electron chi connectivity index (χ3n) is 2.19. The van der Waals surface area contributed by atoms with Crippen molar-refractivity contribution in [2.75, 3.05) is 12.0 Å². The first kappa shape index (κ1) is 14.1. The van der Waals surface area contributed by atoms with Crippen molar-refractivity contribution in [3.63, 3.8) is 0 Å². The van der Waals surface area contributed by atoms with Gasteiger partial charge in [0.1, 0.15) is 9.84 Å². The number of halogens is 2. The smallest absolute Gasteiger partial charge is 0.159 e. The molecule has 0 radical (unpaired) electrons. The van der Waals surface area contributed by atoms with Gasteiger partial charge in [0.05, 0.1) is 5.75 Å². The van der Waals surface area contributed by atoms with Gasteiger partial charge in [-0.25, -0.2) is 17.2 Å². The predicted octanol–water partition coefficient (Wildman–Crippen LogP) is 1.49. The topological polar surface area (TPSA) is 46.2 Å². The molecule has 0 amide bonds. The van der Waals surface area contributed by atoms with E-state index in [-0.39, 0.29) is 11.8 Å². The van der Waals surface area contributed by atoms with Gasteiger partial charge in [0.25, 0.3) is 0 Å². The Labute approximate surface area is 99.8 Å². The Morgan fingerprint density at radius 2 is 1.94 bits per heavy atom. The first-order valence-corrected chi connectivity index (χ1v) is 7.19. The fraction of sp³-hybridized carbons (Fsp3) is 0.455. The van der Waals surface area contributed by atoms with Gasteiger partial charge in [-0.2, -0.15) is 0 Å². The number of rotatable bonds is 5. The molecule has 0 saturated carbocycles. The Hall–Kier alpha value is -1.01. The van der Waals surface area contributed by atoms with Crippen LogP contribution in [0.25, 0.3) is 0 Å². The van der Waals surface area contributed by atoms with Gasteiger partial charge in [-0.15, -0.1) is 0 Å². The van der Waals surface area contributed by atoms with Crippen LogP contribution in [0.2, 0.25) is 0 Å². The zero-order valence-corrected chi connectivity index (χ0v) is 10.5. The highest BCUT2D eigenvalue weighted by Crippen LogP contribution is 2.08. The van der Waals surface area contributed by atoms with E-state index in [0.717, 1.165) is 18.4 Å². The maximum atomic E-state index is 12.9. The van der Waals surface area contributed by atoms with Gasteiger partial charge in [0, 0.05) is 18.8 Å². The lowest BCUT2D eigenvalue weighted by molar-refractivity contribution is 0.504. The molecule has 3 nitrogen and oxygen atoms in total. The molecule has 0 saturated heterocycles. The Bertz CT molecular complexity index is 488. The van der Waals surface area contributed by atoms with Gasteiger partial charge in [-0.1, -0.05) is 6.07 Å². The molecule has 0 heterocycles. The second kappa shape index (κ2) is 5.55. The molecule has 96 valence electrons. The number of sulfone groups is 1. The minimum Gasteiger partial charge on any atom is -0.309 e. The van der Waals surface area contributed by atoms with E-state index in [1.807, 2.05) is 0 Å². The summed E-state index contributed by atoms with van der Waals surface area (Å²) in [7, 11) is -3.04. The van der Waals surface area contributed by atoms with Crippen LogP contribution in [0.3, 0.4) is 0 Å². The molecule has 1 aromatic carbocycles. The molecule has 1 atom stereocenters. The molecule has 0 bridgehead atoms. The summed E-state index contributed by atoms with van der Waals surface area (Å²) in [6.45, 7) is 2.02. The second-order valence-electron chi connectivity index (χ2n) is 4.12. The first-order valence-electron chi connectivity index (χ1n) is 5.13. The third-order valence-corrected chi connectivity index (χ3v) is 3.30. The average Bonchev–Trinajstić information content (AvgIpc) is 2.17. The lowest BCUT2D eigenvalue weighted by atomic mass is 10.2. The Morgan fingerprint density at radius 1 is 1.29 bits per heavy atom. The number of nitrogens with one attached hydrogen (secondary N) is 1. The number of hydrogen-bond donors (Lipinski definition) is 1. The highest BCUT2D eigenvalue weighted by Gasteiger charge is 2.10. The first-order chi connectivity index (χ1) is 7.78. The summed E-state index contributed by atoms with van der Waals surface area (Å²) in [6, 6.07) is 3.36. The van der Waals surface area contributed by atoms with Crippen molar-refractivity contribution in [1.29, 1.82) is 0 Å². The highest BCUT2D eigenvalue weighted by atomic mass is 32.2. The predicted molar refractivity (Wildman–Crippen MR) is 62.4 cm³/mol. The lowest BCUT2D eigenvalue weighted by Crippen LogP contribution is -2.32. The summed E-state index contributed by atoms with van der Waals surface area (Å²) in [4.78, 5) is 0. The van der Waals surface area contributed by atoms with Gasteiger partial charge in [0.2, 0.25) is 0 Å². The van der Waals surface area contributed by atoms with Crippen LogP contribution in [0.1, 0.15) is 12.5 Å². The van der Waals surface area contributed by atoms with Crippen LogP contribution < -0.4 is 5.32 Å². The Kier molecular flexibility index (Phi) is 4.59. The summed E-state index contributed by atoms with van der Waals surface area (Å²) < 4.78 is 47.5. The fourth-order valence-electron chi connectivity index (χ4n) is 1.45. The molecule has 17 heavy (non-hydrogen) atoms. The molecular formula is C11H15F2NO2S. The molecule has 0 aliphatic heterocycles. The van der Waals surface area contributed by atoms with Crippen LogP contribution in [-0.2, 0) is 16.4 Å². The van der Waals surface area contributed by atoms with Gasteiger partial charge >= 0.3 is 0 Å². The van der Waals surface area contributed by atoms with Crippen LogP contribution in [0.4, 0.5) is 8.78 Å². The van der Waals surface area contributed by atoms with Crippen molar-refractivity contribution in [3.05, 3.63) is 35.4 Å². The van der Waals surface area contributed by atoms with E-state index < -0.39 is 21.5 Å². The molecular weight excluding hydrogens is 248 g/mol. The minimum atomic E-state index is -3.04. The van der Waals surface area contributed by atoms with Crippen molar-refractivity contribution < 1.29 is 17.2 Å². The van der Waals surface area contributed by atoms with E-state index in [9.17, 15) is 17.2 Å². The number of benzene rings is 1. The maximum Gasteiger partial charge on any atom is 0.159 e. The van der Waals surface area contributed by atoms with Crippen molar-refractivity contribution in [3.8, 4) is 0 Å². The summed E-state index contributed by atoms with van der Waals surface area (Å²) in [5, 5.41) is 2.93. The zero-order valence-electron chi connectivity index (χ0n) is 9.70. The average molecular weight is 263 g/mol. The molecule has 1 N–H and O–H groups in total. The molecule has 1 aromatic rings. The van der Waals surface area contributed by atoms with Gasteiger partial charge in [-0.3, -0.25) is 0 Å². The van der Waals surface area contributed by atoms with E-state index in [1.54, 1.807) is 6.92 Å². The van der Waals surface area contributed by atoms with Gasteiger partial charge in [0.15, 0.2) is 11.6 Å². The van der Waals surface area contributed by atoms with Crippen molar-refractivity contribution in [1.82, 2.24) is 5.32 Å². The van der Waals surface area contributed by atoms with E-state index >= 15 is 0 Å². The van der Waals surface area contributed by atoms with E-state index in [4.69, 9.17) is 0 Å². The molecule has 1 unspecified atom stereocenters. The molecule has 0 fully saturated rings. The third kappa shape index (κ3) is 5.23. The van der Waals surface area contributed by atoms with Crippen LogP contribution in [-0.4, -0.2) is 26.5 Å². The van der Waals surface area contributed by atoms with Crippen LogP contribution in [0.15, 0.2) is 18.2 Å². The molecule has 1 rings (SSSR count). The molecule has 0 aliphatic carbocycles. The van der Waals surface area contributed by atoms with E-state index in [1.165, 1.54) is 6.07 Å². The molecule has 6 heteroatoms. The summed E-state index contributed by atoms with van der Waals surface area (Å²) in [5.74, 6) is -1.78. The number of hydrogen-bond acceptors (Lipinski definition) is 3. The zero-order chi connectivity index (χ0) is 13.1. The monoisotopic (exact) mass is 263 g/mol. The normalized spacial score (nSPS) is 13.6. The SMILES string of the molecule is CC(CS(C)(=O)=O)NCc1ccc(F)c(F)c1. The Balaban J connectivity index is 2.53. The molecule has 0 spiro atoms. The minimum absolute atomic E-state index is 0.0106. The molecule has 0 aromatic heterocycles. The van der Waals surface area contributed by atoms with Gasteiger partial charge in [-0.05, 0) is 24.6 Å². The quantitative estimate of drug-likeness (QED) is 0.875.